The normalized spacial score (nSPS) is 18.2. The molecule has 8 heteroatoms. The van der Waals surface area contributed by atoms with Gasteiger partial charge in [-0.2, -0.15) is 9.80 Å². The molecule has 1 saturated heterocycles. The largest absolute Gasteiger partial charge is 0.347 e. The van der Waals surface area contributed by atoms with Crippen LogP contribution in [0.4, 0.5) is 9.18 Å². The van der Waals surface area contributed by atoms with Crippen LogP contribution in [0.2, 0.25) is 0 Å². The van der Waals surface area contributed by atoms with Crippen molar-refractivity contribution in [2.45, 2.75) is 18.8 Å². The maximum Gasteiger partial charge on any atom is 0.347 e. The lowest BCUT2D eigenvalue weighted by atomic mass is 9.74. The van der Waals surface area contributed by atoms with Crippen LogP contribution in [-0.2, 0) is 15.0 Å². The van der Waals surface area contributed by atoms with Gasteiger partial charge in [-0.25, -0.2) is 9.18 Å². The summed E-state index contributed by atoms with van der Waals surface area (Å²) in [6.07, 6.45) is -0.117. The van der Waals surface area contributed by atoms with Crippen molar-refractivity contribution < 1.29 is 28.4 Å². The molecule has 0 radical (unpaired) electrons. The molecule has 0 aliphatic carbocycles. The molecule has 0 spiro atoms. The Balaban J connectivity index is 1.91. The summed E-state index contributed by atoms with van der Waals surface area (Å²) in [6.45, 7) is 1.56. The summed E-state index contributed by atoms with van der Waals surface area (Å²) in [7, 11) is 0. The number of carbonyl (C=O) groups excluding carboxylic acids is 5. The first-order chi connectivity index (χ1) is 16.3. The van der Waals surface area contributed by atoms with Crippen LogP contribution in [0.3, 0.4) is 0 Å². The average molecular weight is 458 g/mol. The highest BCUT2D eigenvalue weighted by atomic mass is 19.1. The zero-order valence-electron chi connectivity index (χ0n) is 18.1. The molecule has 0 bridgehead atoms. The Hall–Kier alpha value is -4.46. The lowest BCUT2D eigenvalue weighted by Gasteiger charge is -2.42. The van der Waals surface area contributed by atoms with Gasteiger partial charge in [-0.3, -0.25) is 19.2 Å². The van der Waals surface area contributed by atoms with E-state index in [1.165, 1.54) is 24.3 Å². The second kappa shape index (κ2) is 8.82. The molecular formula is C26H19FN2O5. The molecule has 7 nitrogen and oxygen atoms in total. The molecule has 3 aromatic rings. The fourth-order valence-corrected chi connectivity index (χ4v) is 4.01. The van der Waals surface area contributed by atoms with E-state index in [2.05, 4.69) is 0 Å². The van der Waals surface area contributed by atoms with Crippen LogP contribution < -0.4 is 0 Å². The molecule has 1 atom stereocenters. The number of hydrogen-bond donors (Lipinski definition) is 0. The molecule has 3 aromatic carbocycles. The van der Waals surface area contributed by atoms with Gasteiger partial charge in [0.25, 0.3) is 23.6 Å². The number of nitrogens with zero attached hydrogens (tertiary/aromatic N) is 2. The standard InChI is InChI=1S/C26H19FN2O5/c1-2-26(19-11-7-4-8-12-19)23(32)28(21(30)17-9-5-3-6-10-17)25(34)29(24(26)33)22(31)18-13-15-20(27)16-14-18/h3-16H,2H2,1H3. The van der Waals surface area contributed by atoms with Crippen molar-refractivity contribution in [2.24, 2.45) is 0 Å². The summed E-state index contributed by atoms with van der Waals surface area (Å²) in [6, 6.07) is 18.5. The van der Waals surface area contributed by atoms with Crippen molar-refractivity contribution in [3.05, 3.63) is 107 Å². The van der Waals surface area contributed by atoms with Gasteiger partial charge in [0.05, 0.1) is 0 Å². The first kappa shape index (κ1) is 22.7. The molecule has 1 unspecified atom stereocenters. The van der Waals surface area contributed by atoms with Crippen LogP contribution in [0.1, 0.15) is 39.6 Å². The Kier molecular flexibility index (Phi) is 5.89. The van der Waals surface area contributed by atoms with Gasteiger partial charge in [0.1, 0.15) is 5.82 Å². The molecule has 0 N–H and O–H groups in total. The molecule has 1 aliphatic heterocycles. The molecule has 0 saturated carbocycles. The van der Waals surface area contributed by atoms with E-state index in [0.717, 1.165) is 24.3 Å². The average Bonchev–Trinajstić information content (AvgIpc) is 2.86. The summed E-state index contributed by atoms with van der Waals surface area (Å²) in [4.78, 5) is 68.1. The van der Waals surface area contributed by atoms with Crippen molar-refractivity contribution in [3.63, 3.8) is 0 Å². The lowest BCUT2D eigenvalue weighted by molar-refractivity contribution is -0.148. The Bertz CT molecular complexity index is 1290. The van der Waals surface area contributed by atoms with E-state index < -0.39 is 40.9 Å². The minimum Gasteiger partial charge on any atom is -0.272 e. The van der Waals surface area contributed by atoms with Gasteiger partial charge in [-0.1, -0.05) is 55.5 Å². The highest BCUT2D eigenvalue weighted by Gasteiger charge is 2.60. The van der Waals surface area contributed by atoms with Crippen molar-refractivity contribution in [3.8, 4) is 0 Å². The van der Waals surface area contributed by atoms with Gasteiger partial charge in [-0.05, 0) is 48.4 Å². The Morgan fingerprint density at radius 3 is 1.62 bits per heavy atom. The van der Waals surface area contributed by atoms with Crippen LogP contribution in [0, 0.1) is 5.82 Å². The topological polar surface area (TPSA) is 91.8 Å². The molecule has 4 rings (SSSR count). The van der Waals surface area contributed by atoms with E-state index in [1.54, 1.807) is 43.3 Å². The summed E-state index contributed by atoms with van der Waals surface area (Å²) in [5.41, 5.74) is -1.87. The monoisotopic (exact) mass is 458 g/mol. The highest BCUT2D eigenvalue weighted by molar-refractivity contribution is 6.35. The number of amides is 6. The zero-order valence-corrected chi connectivity index (χ0v) is 18.1. The van der Waals surface area contributed by atoms with E-state index >= 15 is 0 Å². The van der Waals surface area contributed by atoms with Crippen molar-refractivity contribution in [1.29, 1.82) is 0 Å². The molecule has 0 aromatic heterocycles. The summed E-state index contributed by atoms with van der Waals surface area (Å²) in [5, 5.41) is 0. The van der Waals surface area contributed by atoms with Crippen molar-refractivity contribution in [1.82, 2.24) is 9.80 Å². The SMILES string of the molecule is CCC1(c2ccccc2)C(=O)N(C(=O)c2ccccc2)C(=O)N(C(=O)c2ccc(F)cc2)C1=O. The lowest BCUT2D eigenvalue weighted by Crippen LogP contribution is -2.69. The predicted octanol–water partition coefficient (Wildman–Crippen LogP) is 3.95. The number of carbonyl (C=O) groups is 5. The van der Waals surface area contributed by atoms with E-state index in [9.17, 15) is 28.4 Å². The minimum absolute atomic E-state index is 0.0331. The zero-order chi connectivity index (χ0) is 24.5. The van der Waals surface area contributed by atoms with E-state index in [-0.39, 0.29) is 23.1 Å². The number of benzene rings is 3. The van der Waals surface area contributed by atoms with Crippen LogP contribution in [0.15, 0.2) is 84.9 Å². The third-order valence-corrected chi connectivity index (χ3v) is 5.83. The molecule has 1 fully saturated rings. The molecule has 34 heavy (non-hydrogen) atoms. The van der Waals surface area contributed by atoms with Gasteiger partial charge < -0.3 is 0 Å². The maximum atomic E-state index is 13.7. The number of hydrogen-bond acceptors (Lipinski definition) is 5. The number of halogens is 1. The molecule has 170 valence electrons. The van der Waals surface area contributed by atoms with Crippen LogP contribution in [0.5, 0.6) is 0 Å². The minimum atomic E-state index is -1.99. The fourth-order valence-electron chi connectivity index (χ4n) is 4.01. The van der Waals surface area contributed by atoms with Crippen LogP contribution in [-0.4, -0.2) is 39.5 Å². The van der Waals surface area contributed by atoms with Crippen LogP contribution >= 0.6 is 0 Å². The van der Waals surface area contributed by atoms with Gasteiger partial charge in [-0.15, -0.1) is 0 Å². The summed E-state index contributed by atoms with van der Waals surface area (Å²) in [5.74, 6) is -4.75. The predicted molar refractivity (Wildman–Crippen MR) is 119 cm³/mol. The van der Waals surface area contributed by atoms with E-state index in [4.69, 9.17) is 0 Å². The fraction of sp³-hybridized carbons (Fsp3) is 0.115. The second-order valence-corrected chi connectivity index (χ2v) is 7.67. The van der Waals surface area contributed by atoms with Crippen molar-refractivity contribution >= 4 is 29.7 Å². The maximum absolute atomic E-state index is 13.7. The molecule has 1 heterocycles. The summed E-state index contributed by atoms with van der Waals surface area (Å²) < 4.78 is 13.4. The number of urea groups is 1. The molecular weight excluding hydrogens is 439 g/mol. The number of barbiturate groups is 1. The highest BCUT2D eigenvalue weighted by Crippen LogP contribution is 2.38. The van der Waals surface area contributed by atoms with Gasteiger partial charge in [0, 0.05) is 11.1 Å². The van der Waals surface area contributed by atoms with E-state index in [1.807, 2.05) is 0 Å². The third kappa shape index (κ3) is 3.49. The van der Waals surface area contributed by atoms with Gasteiger partial charge in [0.2, 0.25) is 0 Å². The third-order valence-electron chi connectivity index (χ3n) is 5.83. The second-order valence-electron chi connectivity index (χ2n) is 7.67. The van der Waals surface area contributed by atoms with Gasteiger partial charge in [0.15, 0.2) is 5.41 Å². The number of rotatable bonds is 4. The smallest absolute Gasteiger partial charge is 0.272 e. The van der Waals surface area contributed by atoms with Crippen LogP contribution in [0.25, 0.3) is 0 Å². The molecule has 6 amide bonds. The Labute approximate surface area is 194 Å². The Morgan fingerprint density at radius 1 is 0.706 bits per heavy atom. The number of imide groups is 6. The Morgan fingerprint density at radius 2 is 1.15 bits per heavy atom. The van der Waals surface area contributed by atoms with Crippen molar-refractivity contribution in [2.75, 3.05) is 0 Å². The molecule has 1 aliphatic rings. The summed E-state index contributed by atoms with van der Waals surface area (Å²) >= 11 is 0. The first-order valence-electron chi connectivity index (χ1n) is 10.5. The quantitative estimate of drug-likeness (QED) is 0.436. The van der Waals surface area contributed by atoms with E-state index in [0.29, 0.717) is 9.80 Å². The first-order valence-corrected chi connectivity index (χ1v) is 10.5. The van der Waals surface area contributed by atoms with Gasteiger partial charge >= 0.3 is 6.03 Å².